The number of hydrogen-bond acceptors (Lipinski definition) is 1. The molecule has 6 aliphatic rings. The quantitative estimate of drug-likeness (QED) is 0.575. The van der Waals surface area contributed by atoms with Crippen LogP contribution in [0.15, 0.2) is 11.6 Å². The third kappa shape index (κ3) is 1.76. The first-order valence-electron chi connectivity index (χ1n) is 10.9. The topological polar surface area (TPSA) is 9.23 Å². The molecular weight excluding hydrogens is 292 g/mol. The van der Waals surface area contributed by atoms with E-state index in [-0.39, 0.29) is 0 Å². The minimum absolute atomic E-state index is 0.498. The highest BCUT2D eigenvalue weighted by atomic mass is 16.5. The lowest BCUT2D eigenvalue weighted by atomic mass is 9.44. The first kappa shape index (κ1) is 14.8. The predicted molar refractivity (Wildman–Crippen MR) is 96.6 cm³/mol. The molecule has 5 unspecified atom stereocenters. The Bertz CT molecular complexity index is 603. The van der Waals surface area contributed by atoms with E-state index in [0.717, 1.165) is 17.8 Å². The Labute approximate surface area is 147 Å². The summed E-state index contributed by atoms with van der Waals surface area (Å²) in [5.74, 6) is 3.05. The molecule has 0 N–H and O–H groups in total. The molecule has 0 aromatic carbocycles. The highest BCUT2D eigenvalue weighted by molar-refractivity contribution is 5.47. The van der Waals surface area contributed by atoms with Gasteiger partial charge in [0, 0.05) is 5.41 Å². The number of ether oxygens (including phenoxy) is 1. The molecule has 1 spiro atoms. The van der Waals surface area contributed by atoms with Crippen LogP contribution in [0.4, 0.5) is 0 Å². The van der Waals surface area contributed by atoms with Crippen LogP contribution in [0.3, 0.4) is 0 Å². The first-order chi connectivity index (χ1) is 11.5. The molecule has 6 rings (SSSR count). The van der Waals surface area contributed by atoms with E-state index < -0.39 is 0 Å². The maximum atomic E-state index is 6.38. The van der Waals surface area contributed by atoms with Crippen molar-refractivity contribution in [3.63, 3.8) is 0 Å². The van der Waals surface area contributed by atoms with Gasteiger partial charge < -0.3 is 4.74 Å². The van der Waals surface area contributed by atoms with Crippen molar-refractivity contribution in [3.8, 4) is 0 Å². The molecule has 1 nitrogen and oxygen atoms in total. The average Bonchev–Trinajstić information content (AvgIpc) is 3.44. The number of allylic oxidation sites excluding steroid dienone is 2. The van der Waals surface area contributed by atoms with Crippen LogP contribution in [-0.4, -0.2) is 12.2 Å². The summed E-state index contributed by atoms with van der Waals surface area (Å²) < 4.78 is 6.38. The Morgan fingerprint density at radius 2 is 1.79 bits per heavy atom. The van der Waals surface area contributed by atoms with E-state index in [2.05, 4.69) is 19.9 Å². The predicted octanol–water partition coefficient (Wildman–Crippen LogP) is 5.89. The molecule has 0 bridgehead atoms. The molecule has 5 fully saturated rings. The zero-order chi connectivity index (χ0) is 16.2. The van der Waals surface area contributed by atoms with E-state index in [4.69, 9.17) is 4.74 Å². The number of rotatable bonds is 2. The fourth-order valence-corrected chi connectivity index (χ4v) is 8.32. The molecule has 132 valence electrons. The lowest BCUT2D eigenvalue weighted by Gasteiger charge is -2.61. The molecule has 7 atom stereocenters. The zero-order valence-electron chi connectivity index (χ0n) is 15.7. The molecule has 1 heteroatoms. The van der Waals surface area contributed by atoms with Crippen molar-refractivity contribution in [1.82, 2.24) is 0 Å². The maximum absolute atomic E-state index is 6.38. The lowest BCUT2D eigenvalue weighted by Crippen LogP contribution is -2.54. The summed E-state index contributed by atoms with van der Waals surface area (Å²) in [5.41, 5.74) is 3.63. The van der Waals surface area contributed by atoms with Crippen molar-refractivity contribution >= 4 is 0 Å². The second-order valence-electron chi connectivity index (χ2n) is 10.9. The Balaban J connectivity index is 1.30. The summed E-state index contributed by atoms with van der Waals surface area (Å²) in [6.45, 7) is 5.32. The third-order valence-electron chi connectivity index (χ3n) is 9.87. The molecule has 0 radical (unpaired) electrons. The van der Waals surface area contributed by atoms with E-state index in [1.807, 2.05) is 5.57 Å². The number of fused-ring (bicyclic) bond motifs is 4. The van der Waals surface area contributed by atoms with Crippen LogP contribution in [-0.2, 0) is 4.74 Å². The highest BCUT2D eigenvalue weighted by Crippen LogP contribution is 2.77. The molecule has 0 saturated heterocycles. The van der Waals surface area contributed by atoms with E-state index in [9.17, 15) is 0 Å². The van der Waals surface area contributed by atoms with Crippen molar-refractivity contribution in [2.75, 3.05) is 0 Å². The monoisotopic (exact) mass is 326 g/mol. The van der Waals surface area contributed by atoms with Crippen molar-refractivity contribution in [1.29, 1.82) is 0 Å². The van der Waals surface area contributed by atoms with Crippen LogP contribution in [0.5, 0.6) is 0 Å². The minimum atomic E-state index is 0.498. The van der Waals surface area contributed by atoms with Crippen molar-refractivity contribution < 1.29 is 4.74 Å². The molecule has 0 heterocycles. The van der Waals surface area contributed by atoms with E-state index in [1.54, 1.807) is 0 Å². The van der Waals surface area contributed by atoms with E-state index in [1.165, 1.54) is 70.6 Å². The Morgan fingerprint density at radius 1 is 0.917 bits per heavy atom. The Hall–Kier alpha value is -0.300. The molecule has 0 amide bonds. The van der Waals surface area contributed by atoms with Crippen LogP contribution in [0.1, 0.15) is 84.5 Å². The zero-order valence-corrected chi connectivity index (χ0v) is 15.7. The summed E-state index contributed by atoms with van der Waals surface area (Å²) in [7, 11) is 0. The fraction of sp³-hybridized carbons (Fsp3) is 0.913. The second-order valence-corrected chi connectivity index (χ2v) is 10.9. The molecule has 6 aliphatic carbocycles. The van der Waals surface area contributed by atoms with Gasteiger partial charge in [-0.15, -0.1) is 0 Å². The lowest BCUT2D eigenvalue weighted by molar-refractivity contribution is -0.121. The summed E-state index contributed by atoms with van der Waals surface area (Å²) in [6.07, 6.45) is 19.7. The minimum Gasteiger partial charge on any atom is -0.375 e. The van der Waals surface area contributed by atoms with Crippen LogP contribution in [0, 0.1) is 34.0 Å². The number of hydrogen-bond donors (Lipinski definition) is 0. The Morgan fingerprint density at radius 3 is 2.62 bits per heavy atom. The van der Waals surface area contributed by atoms with Crippen LogP contribution >= 0.6 is 0 Å². The van der Waals surface area contributed by atoms with Gasteiger partial charge in [0.25, 0.3) is 0 Å². The standard InChI is InChI=1S/C23H34O/c1-21-9-3-4-19(21)18-12-15-13-23(15)14-17(24-16-5-6-16)7-11-22(23,2)20(18)8-10-21/h13,16-20H,3-12,14H2,1-2H3/t17?,18?,19?,20?,21-,22+,23?/m0/s1. The normalized spacial score (nSPS) is 58.2. The van der Waals surface area contributed by atoms with Gasteiger partial charge in [0.15, 0.2) is 0 Å². The SMILES string of the molecule is C[C@@]12CCCC1C1CC3=CC34CC(OC3CC3)CC[C@]4(C)C1CC2. The van der Waals surface area contributed by atoms with E-state index >= 15 is 0 Å². The molecule has 5 saturated carbocycles. The highest BCUT2D eigenvalue weighted by Gasteiger charge is 2.69. The summed E-state index contributed by atoms with van der Waals surface area (Å²) in [4.78, 5) is 0. The van der Waals surface area contributed by atoms with Gasteiger partial charge in [-0.25, -0.2) is 0 Å². The Kier molecular flexibility index (Phi) is 2.78. The van der Waals surface area contributed by atoms with Gasteiger partial charge in [0.1, 0.15) is 0 Å². The average molecular weight is 327 g/mol. The summed E-state index contributed by atoms with van der Waals surface area (Å²) in [6, 6.07) is 0. The van der Waals surface area contributed by atoms with Gasteiger partial charge in [-0.3, -0.25) is 0 Å². The first-order valence-corrected chi connectivity index (χ1v) is 10.9. The van der Waals surface area contributed by atoms with Crippen molar-refractivity contribution in [3.05, 3.63) is 11.6 Å². The molecular formula is C23H34O. The third-order valence-corrected chi connectivity index (χ3v) is 9.87. The summed E-state index contributed by atoms with van der Waals surface area (Å²) >= 11 is 0. The fourth-order valence-electron chi connectivity index (χ4n) is 8.32. The van der Waals surface area contributed by atoms with Crippen molar-refractivity contribution in [2.24, 2.45) is 34.0 Å². The van der Waals surface area contributed by atoms with Gasteiger partial charge in [-0.05, 0) is 92.8 Å². The second kappa shape index (κ2) is 4.51. The molecule has 0 aromatic rings. The van der Waals surface area contributed by atoms with Crippen LogP contribution in [0.25, 0.3) is 0 Å². The molecule has 24 heavy (non-hydrogen) atoms. The molecule has 0 aliphatic heterocycles. The van der Waals surface area contributed by atoms with Gasteiger partial charge in [-0.2, -0.15) is 0 Å². The van der Waals surface area contributed by atoms with Crippen LogP contribution in [0.2, 0.25) is 0 Å². The van der Waals surface area contributed by atoms with Crippen LogP contribution < -0.4 is 0 Å². The summed E-state index contributed by atoms with van der Waals surface area (Å²) in [5, 5.41) is 0. The van der Waals surface area contributed by atoms with Gasteiger partial charge in [-0.1, -0.05) is 31.9 Å². The molecule has 0 aromatic heterocycles. The largest absolute Gasteiger partial charge is 0.375 e. The van der Waals surface area contributed by atoms with Crippen molar-refractivity contribution in [2.45, 2.75) is 96.7 Å². The smallest absolute Gasteiger partial charge is 0.0590 e. The van der Waals surface area contributed by atoms with Gasteiger partial charge in [0.05, 0.1) is 12.2 Å². The maximum Gasteiger partial charge on any atom is 0.0590 e. The van der Waals surface area contributed by atoms with E-state index in [0.29, 0.717) is 28.5 Å². The van der Waals surface area contributed by atoms with Gasteiger partial charge in [0.2, 0.25) is 0 Å². The van der Waals surface area contributed by atoms with Gasteiger partial charge >= 0.3 is 0 Å².